The number of carbonyl (C=O) groups excluding carboxylic acids is 1. The summed E-state index contributed by atoms with van der Waals surface area (Å²) in [5.74, 6) is 0.232. The average Bonchev–Trinajstić information content (AvgIpc) is 3.48. The van der Waals surface area contributed by atoms with Gasteiger partial charge in [0.2, 0.25) is 10.0 Å². The summed E-state index contributed by atoms with van der Waals surface area (Å²) in [6.45, 7) is 1.95. The summed E-state index contributed by atoms with van der Waals surface area (Å²) in [6.07, 6.45) is 1.74. The third-order valence-corrected chi connectivity index (χ3v) is 6.63. The van der Waals surface area contributed by atoms with Crippen molar-refractivity contribution >= 4 is 33.8 Å². The second-order valence-corrected chi connectivity index (χ2v) is 9.50. The van der Waals surface area contributed by atoms with E-state index in [2.05, 4.69) is 25.8 Å². The zero-order chi connectivity index (χ0) is 22.0. The number of sulfonamides is 1. The van der Waals surface area contributed by atoms with Crippen LogP contribution in [0.1, 0.15) is 18.4 Å². The highest BCUT2D eigenvalue weighted by atomic mass is 32.2. The fourth-order valence-corrected chi connectivity index (χ4v) is 4.42. The Hall–Kier alpha value is -3.02. The van der Waals surface area contributed by atoms with E-state index in [0.717, 1.165) is 24.0 Å². The molecule has 2 aromatic carbocycles. The van der Waals surface area contributed by atoms with Crippen molar-refractivity contribution in [1.29, 1.82) is 0 Å². The number of anilines is 1. The largest absolute Gasteiger partial charge is 0.299 e. The van der Waals surface area contributed by atoms with Crippen molar-refractivity contribution in [2.45, 2.75) is 37.2 Å². The molecule has 9 nitrogen and oxygen atoms in total. The molecule has 0 spiro atoms. The molecule has 0 unspecified atom stereocenters. The van der Waals surface area contributed by atoms with Crippen LogP contribution in [0.4, 0.5) is 5.69 Å². The van der Waals surface area contributed by atoms with Crippen LogP contribution in [0.25, 0.3) is 11.4 Å². The van der Waals surface area contributed by atoms with Gasteiger partial charge in [-0.05, 0) is 56.2 Å². The number of nitrogens with zero attached hydrogens (tertiary/aromatic N) is 2. The predicted molar refractivity (Wildman–Crippen MR) is 119 cm³/mol. The quantitative estimate of drug-likeness (QED) is 0.304. The van der Waals surface area contributed by atoms with Crippen LogP contribution in [0.15, 0.2) is 53.4 Å². The molecule has 4 rings (SSSR count). The van der Waals surface area contributed by atoms with Crippen LogP contribution >= 0.6 is 12.2 Å². The van der Waals surface area contributed by atoms with Crippen LogP contribution in [-0.2, 0) is 21.4 Å². The number of amides is 1. The van der Waals surface area contributed by atoms with E-state index >= 15 is 0 Å². The van der Waals surface area contributed by atoms with Gasteiger partial charge >= 0.3 is 0 Å². The first kappa shape index (κ1) is 21.2. The van der Waals surface area contributed by atoms with Crippen LogP contribution in [0, 0.1) is 11.7 Å². The third-order valence-electron chi connectivity index (χ3n) is 4.78. The number of benzene rings is 2. The van der Waals surface area contributed by atoms with Crippen molar-refractivity contribution in [3.8, 4) is 11.4 Å². The SMILES string of the molecule is Cc1ccc(-c2n[nH]c(=S)n2CC(=O)NNc2ccc(S(=O)(=O)NC3CC3)cc2)cc1. The molecule has 4 N–H and O–H groups in total. The molecule has 1 heterocycles. The molecule has 0 bridgehead atoms. The van der Waals surface area contributed by atoms with Crippen LogP contribution in [0.2, 0.25) is 0 Å². The number of hydrazine groups is 1. The third kappa shape index (κ3) is 5.19. The first-order valence-electron chi connectivity index (χ1n) is 9.71. The lowest BCUT2D eigenvalue weighted by molar-refractivity contribution is -0.121. The maximum absolute atomic E-state index is 12.4. The lowest BCUT2D eigenvalue weighted by Crippen LogP contribution is -2.32. The van der Waals surface area contributed by atoms with Crippen LogP contribution in [0.5, 0.6) is 0 Å². The minimum atomic E-state index is -3.51. The fourth-order valence-electron chi connectivity index (χ4n) is 2.92. The molecule has 11 heteroatoms. The summed E-state index contributed by atoms with van der Waals surface area (Å²) in [4.78, 5) is 12.6. The number of aromatic amines is 1. The number of carbonyl (C=O) groups is 1. The van der Waals surface area contributed by atoms with E-state index in [1.165, 1.54) is 12.1 Å². The van der Waals surface area contributed by atoms with Gasteiger partial charge in [0.05, 0.1) is 10.6 Å². The first-order chi connectivity index (χ1) is 14.8. The summed E-state index contributed by atoms with van der Waals surface area (Å²) < 4.78 is 29.0. The van der Waals surface area contributed by atoms with Crippen molar-refractivity contribution in [3.05, 3.63) is 58.9 Å². The summed E-state index contributed by atoms with van der Waals surface area (Å²) >= 11 is 5.26. The van der Waals surface area contributed by atoms with Crippen LogP contribution in [-0.4, -0.2) is 35.1 Å². The van der Waals surface area contributed by atoms with Crippen LogP contribution < -0.4 is 15.6 Å². The van der Waals surface area contributed by atoms with E-state index in [1.54, 1.807) is 16.7 Å². The van der Waals surface area contributed by atoms with Gasteiger partial charge in [-0.3, -0.25) is 25.3 Å². The number of rotatable bonds is 8. The Kier molecular flexibility index (Phi) is 5.90. The molecular weight excluding hydrogens is 436 g/mol. The monoisotopic (exact) mass is 458 g/mol. The van der Waals surface area contributed by atoms with Crippen LogP contribution in [0.3, 0.4) is 0 Å². The fraction of sp³-hybridized carbons (Fsp3) is 0.250. The van der Waals surface area contributed by atoms with Gasteiger partial charge in [-0.2, -0.15) is 5.10 Å². The number of nitrogens with one attached hydrogen (secondary N) is 4. The molecule has 3 aromatic rings. The Morgan fingerprint density at radius 1 is 1.16 bits per heavy atom. The smallest absolute Gasteiger partial charge is 0.258 e. The Morgan fingerprint density at radius 2 is 1.84 bits per heavy atom. The zero-order valence-corrected chi connectivity index (χ0v) is 18.4. The standard InChI is InChI=1S/C20H22N6O3S2/c1-13-2-4-14(5-3-13)19-23-24-20(30)26(19)12-18(27)22-21-15-8-10-17(11-9-15)31(28,29)25-16-6-7-16/h2-5,8-11,16,21,25H,6-7,12H2,1H3,(H,22,27)(H,24,30). The number of hydrogen-bond donors (Lipinski definition) is 4. The van der Waals surface area contributed by atoms with Crippen molar-refractivity contribution in [3.63, 3.8) is 0 Å². The summed E-state index contributed by atoms with van der Waals surface area (Å²) in [6, 6.07) is 13.9. The maximum Gasteiger partial charge on any atom is 0.258 e. The first-order valence-corrected chi connectivity index (χ1v) is 11.6. The Morgan fingerprint density at radius 3 is 2.48 bits per heavy atom. The number of H-pyrrole nitrogens is 1. The molecule has 1 aliphatic carbocycles. The van der Waals surface area contributed by atoms with Gasteiger partial charge in [-0.25, -0.2) is 13.1 Å². The topological polar surface area (TPSA) is 121 Å². The molecule has 0 radical (unpaired) electrons. The molecule has 0 saturated heterocycles. The van der Waals surface area contributed by atoms with E-state index < -0.39 is 10.0 Å². The molecule has 1 saturated carbocycles. The van der Waals surface area contributed by atoms with E-state index in [1.807, 2.05) is 31.2 Å². The van der Waals surface area contributed by atoms with Crippen molar-refractivity contribution in [1.82, 2.24) is 24.9 Å². The molecule has 1 aliphatic rings. The van der Waals surface area contributed by atoms with E-state index in [0.29, 0.717) is 16.3 Å². The summed E-state index contributed by atoms with van der Waals surface area (Å²) in [5.41, 5.74) is 7.88. The average molecular weight is 459 g/mol. The Bertz CT molecular complexity index is 1240. The lowest BCUT2D eigenvalue weighted by Gasteiger charge is -2.11. The van der Waals surface area contributed by atoms with Crippen molar-refractivity contribution in [2.75, 3.05) is 5.43 Å². The minimum absolute atomic E-state index is 0.0384. The molecule has 0 atom stereocenters. The van der Waals surface area contributed by atoms with Crippen molar-refractivity contribution in [2.24, 2.45) is 0 Å². The molecule has 1 amide bonds. The van der Waals surface area contributed by atoms with E-state index in [9.17, 15) is 13.2 Å². The maximum atomic E-state index is 12.4. The lowest BCUT2D eigenvalue weighted by atomic mass is 10.1. The summed E-state index contributed by atoms with van der Waals surface area (Å²) in [5, 5.41) is 6.95. The van der Waals surface area contributed by atoms with Gasteiger partial charge in [0.1, 0.15) is 6.54 Å². The molecule has 1 aromatic heterocycles. The second kappa shape index (κ2) is 8.61. The van der Waals surface area contributed by atoms with E-state index in [-0.39, 0.29) is 23.4 Å². The number of hydrogen-bond acceptors (Lipinski definition) is 6. The highest BCUT2D eigenvalue weighted by Gasteiger charge is 2.27. The molecular formula is C20H22N6O3S2. The number of aromatic nitrogens is 3. The Balaban J connectivity index is 1.38. The van der Waals surface area contributed by atoms with Gasteiger partial charge in [-0.15, -0.1) is 0 Å². The van der Waals surface area contributed by atoms with Gasteiger partial charge in [0, 0.05) is 11.6 Å². The molecule has 1 fully saturated rings. The normalized spacial score (nSPS) is 13.7. The van der Waals surface area contributed by atoms with Gasteiger partial charge in [0.25, 0.3) is 5.91 Å². The zero-order valence-electron chi connectivity index (χ0n) is 16.8. The van der Waals surface area contributed by atoms with Crippen molar-refractivity contribution < 1.29 is 13.2 Å². The Labute approximate surface area is 184 Å². The number of aryl methyl sites for hydroxylation is 1. The summed E-state index contributed by atoms with van der Waals surface area (Å²) in [7, 11) is -3.51. The van der Waals surface area contributed by atoms with Gasteiger partial charge < -0.3 is 0 Å². The predicted octanol–water partition coefficient (Wildman–Crippen LogP) is 2.50. The highest BCUT2D eigenvalue weighted by Crippen LogP contribution is 2.23. The molecule has 0 aliphatic heterocycles. The van der Waals surface area contributed by atoms with E-state index in [4.69, 9.17) is 12.2 Å². The highest BCUT2D eigenvalue weighted by molar-refractivity contribution is 7.89. The minimum Gasteiger partial charge on any atom is -0.299 e. The van der Waals surface area contributed by atoms with Gasteiger partial charge in [-0.1, -0.05) is 29.8 Å². The second-order valence-electron chi connectivity index (χ2n) is 7.40. The molecule has 162 valence electrons. The molecule has 31 heavy (non-hydrogen) atoms. The van der Waals surface area contributed by atoms with Gasteiger partial charge in [0.15, 0.2) is 10.6 Å².